The third kappa shape index (κ3) is 2.67. The average molecular weight is 279 g/mol. The Morgan fingerprint density at radius 2 is 1.81 bits per heavy atom. The van der Waals surface area contributed by atoms with E-state index in [0.717, 1.165) is 16.7 Å². The lowest BCUT2D eigenvalue weighted by molar-refractivity contribution is 0.471. The Kier molecular flexibility index (Phi) is 3.23. The standard InChI is InChI=1S/C16H13N3O2/c1-10-8-12(2-3-15(10)20)14-9-13(18-16(21)19-14)11-4-6-17-7-5-11/h2-9,20H,1H3,(H,18,19,21). The van der Waals surface area contributed by atoms with Crippen LogP contribution in [-0.2, 0) is 0 Å². The summed E-state index contributed by atoms with van der Waals surface area (Å²) < 4.78 is 0. The summed E-state index contributed by atoms with van der Waals surface area (Å²) in [6.07, 6.45) is 3.31. The van der Waals surface area contributed by atoms with Gasteiger partial charge in [0, 0.05) is 18.0 Å². The molecule has 5 heteroatoms. The van der Waals surface area contributed by atoms with E-state index in [2.05, 4.69) is 15.0 Å². The van der Waals surface area contributed by atoms with Crippen molar-refractivity contribution in [3.63, 3.8) is 0 Å². The average Bonchev–Trinajstić information content (AvgIpc) is 2.50. The highest BCUT2D eigenvalue weighted by Crippen LogP contribution is 2.25. The van der Waals surface area contributed by atoms with E-state index in [1.807, 2.05) is 19.1 Å². The molecule has 0 amide bonds. The number of hydrogen-bond donors (Lipinski definition) is 2. The van der Waals surface area contributed by atoms with Crippen molar-refractivity contribution in [2.45, 2.75) is 6.92 Å². The van der Waals surface area contributed by atoms with Crippen LogP contribution in [0.2, 0.25) is 0 Å². The number of benzene rings is 1. The fourth-order valence-electron chi connectivity index (χ4n) is 2.11. The molecule has 0 aliphatic carbocycles. The minimum atomic E-state index is -0.412. The normalized spacial score (nSPS) is 10.5. The lowest BCUT2D eigenvalue weighted by Gasteiger charge is -2.06. The molecule has 2 heterocycles. The predicted octanol–water partition coefficient (Wildman–Crippen LogP) is 2.51. The third-order valence-electron chi connectivity index (χ3n) is 3.23. The Labute approximate surface area is 121 Å². The first-order valence-corrected chi connectivity index (χ1v) is 6.45. The highest BCUT2D eigenvalue weighted by Gasteiger charge is 2.07. The van der Waals surface area contributed by atoms with Gasteiger partial charge in [-0.25, -0.2) is 4.79 Å². The van der Waals surface area contributed by atoms with E-state index in [9.17, 15) is 9.90 Å². The molecule has 3 rings (SSSR count). The maximum atomic E-state index is 11.8. The zero-order valence-corrected chi connectivity index (χ0v) is 11.4. The first-order chi connectivity index (χ1) is 10.1. The molecule has 5 nitrogen and oxygen atoms in total. The summed E-state index contributed by atoms with van der Waals surface area (Å²) in [5.41, 5.74) is 3.22. The molecular weight excluding hydrogens is 266 g/mol. The molecule has 0 bridgehead atoms. The Bertz CT molecular complexity index is 842. The van der Waals surface area contributed by atoms with Crippen molar-refractivity contribution < 1.29 is 5.11 Å². The summed E-state index contributed by atoms with van der Waals surface area (Å²) in [4.78, 5) is 22.4. The first kappa shape index (κ1) is 13.1. The summed E-state index contributed by atoms with van der Waals surface area (Å²) in [7, 11) is 0. The number of aromatic nitrogens is 3. The number of H-pyrrole nitrogens is 1. The van der Waals surface area contributed by atoms with Gasteiger partial charge in [-0.15, -0.1) is 0 Å². The predicted molar refractivity (Wildman–Crippen MR) is 79.9 cm³/mol. The number of hydrogen-bond acceptors (Lipinski definition) is 4. The molecule has 104 valence electrons. The second kappa shape index (κ2) is 5.20. The van der Waals surface area contributed by atoms with E-state index in [-0.39, 0.29) is 5.75 Å². The maximum Gasteiger partial charge on any atom is 0.345 e. The van der Waals surface area contributed by atoms with Gasteiger partial charge in [0.15, 0.2) is 0 Å². The minimum Gasteiger partial charge on any atom is -0.508 e. The Morgan fingerprint density at radius 3 is 2.52 bits per heavy atom. The number of aromatic hydroxyl groups is 1. The van der Waals surface area contributed by atoms with Crippen molar-refractivity contribution in [1.82, 2.24) is 15.0 Å². The zero-order chi connectivity index (χ0) is 14.8. The van der Waals surface area contributed by atoms with Gasteiger partial charge in [0.1, 0.15) is 5.75 Å². The zero-order valence-electron chi connectivity index (χ0n) is 11.4. The van der Waals surface area contributed by atoms with Crippen LogP contribution in [0, 0.1) is 6.92 Å². The number of phenols is 1. The molecule has 2 aromatic heterocycles. The van der Waals surface area contributed by atoms with Crippen molar-refractivity contribution in [1.29, 1.82) is 0 Å². The van der Waals surface area contributed by atoms with E-state index in [1.165, 1.54) is 0 Å². The SMILES string of the molecule is Cc1cc(-c2cc(-c3ccncc3)nc(=O)[nH]2)ccc1O. The minimum absolute atomic E-state index is 0.226. The number of aromatic amines is 1. The molecule has 0 saturated heterocycles. The van der Waals surface area contributed by atoms with E-state index in [4.69, 9.17) is 0 Å². The van der Waals surface area contributed by atoms with Crippen LogP contribution in [0.3, 0.4) is 0 Å². The molecule has 0 fully saturated rings. The van der Waals surface area contributed by atoms with Crippen molar-refractivity contribution in [3.05, 3.63) is 64.8 Å². The highest BCUT2D eigenvalue weighted by atomic mass is 16.3. The maximum absolute atomic E-state index is 11.8. The molecule has 3 aromatic rings. The molecule has 2 N–H and O–H groups in total. The van der Waals surface area contributed by atoms with Gasteiger partial charge < -0.3 is 10.1 Å². The molecule has 0 atom stereocenters. The van der Waals surface area contributed by atoms with Crippen molar-refractivity contribution in [3.8, 4) is 28.3 Å². The second-order valence-corrected chi connectivity index (χ2v) is 4.72. The first-order valence-electron chi connectivity index (χ1n) is 6.45. The van der Waals surface area contributed by atoms with Gasteiger partial charge in [0.05, 0.1) is 11.4 Å². The number of nitrogens with one attached hydrogen (secondary N) is 1. The van der Waals surface area contributed by atoms with Crippen LogP contribution in [-0.4, -0.2) is 20.1 Å². The lowest BCUT2D eigenvalue weighted by Crippen LogP contribution is -2.12. The Morgan fingerprint density at radius 1 is 1.05 bits per heavy atom. The van der Waals surface area contributed by atoms with Crippen LogP contribution < -0.4 is 5.69 Å². The van der Waals surface area contributed by atoms with Gasteiger partial charge in [-0.2, -0.15) is 4.98 Å². The van der Waals surface area contributed by atoms with Gasteiger partial charge in [-0.1, -0.05) is 0 Å². The number of phenolic OH excluding ortho intramolecular Hbond substituents is 1. The van der Waals surface area contributed by atoms with Crippen LogP contribution >= 0.6 is 0 Å². The smallest absolute Gasteiger partial charge is 0.345 e. The van der Waals surface area contributed by atoms with Crippen LogP contribution in [0.5, 0.6) is 5.75 Å². The van der Waals surface area contributed by atoms with Crippen LogP contribution in [0.1, 0.15) is 5.56 Å². The summed E-state index contributed by atoms with van der Waals surface area (Å²) in [6.45, 7) is 1.81. The molecule has 0 aliphatic rings. The monoisotopic (exact) mass is 279 g/mol. The van der Waals surface area contributed by atoms with Crippen molar-refractivity contribution in [2.75, 3.05) is 0 Å². The summed E-state index contributed by atoms with van der Waals surface area (Å²) in [6, 6.07) is 10.6. The topological polar surface area (TPSA) is 78.9 Å². The fourth-order valence-corrected chi connectivity index (χ4v) is 2.11. The molecule has 0 saturated carbocycles. The lowest BCUT2D eigenvalue weighted by atomic mass is 10.1. The fraction of sp³-hybridized carbons (Fsp3) is 0.0625. The second-order valence-electron chi connectivity index (χ2n) is 4.72. The summed E-state index contributed by atoms with van der Waals surface area (Å²) in [5, 5.41) is 9.59. The van der Waals surface area contributed by atoms with Crippen LogP contribution in [0.4, 0.5) is 0 Å². The van der Waals surface area contributed by atoms with Gasteiger partial charge in [-0.3, -0.25) is 4.98 Å². The van der Waals surface area contributed by atoms with E-state index >= 15 is 0 Å². The Hall–Kier alpha value is -2.95. The van der Waals surface area contributed by atoms with Gasteiger partial charge in [0.2, 0.25) is 0 Å². The summed E-state index contributed by atoms with van der Waals surface area (Å²) in [5.74, 6) is 0.226. The molecule has 1 aromatic carbocycles. The van der Waals surface area contributed by atoms with Crippen molar-refractivity contribution >= 4 is 0 Å². The van der Waals surface area contributed by atoms with Gasteiger partial charge >= 0.3 is 5.69 Å². The molecule has 0 radical (unpaired) electrons. The van der Waals surface area contributed by atoms with E-state index in [0.29, 0.717) is 11.4 Å². The molecule has 0 aliphatic heterocycles. The van der Waals surface area contributed by atoms with Crippen LogP contribution in [0.15, 0.2) is 53.6 Å². The number of rotatable bonds is 2. The number of aryl methyl sites for hydroxylation is 1. The molecule has 0 unspecified atom stereocenters. The highest BCUT2D eigenvalue weighted by molar-refractivity contribution is 5.68. The van der Waals surface area contributed by atoms with Gasteiger partial charge in [-0.05, 0) is 54.4 Å². The molecule has 21 heavy (non-hydrogen) atoms. The summed E-state index contributed by atoms with van der Waals surface area (Å²) >= 11 is 0. The molecular formula is C16H13N3O2. The van der Waals surface area contributed by atoms with E-state index < -0.39 is 5.69 Å². The Balaban J connectivity index is 2.14. The van der Waals surface area contributed by atoms with E-state index in [1.54, 1.807) is 36.7 Å². The van der Waals surface area contributed by atoms with Crippen LogP contribution in [0.25, 0.3) is 22.5 Å². The number of pyridine rings is 1. The van der Waals surface area contributed by atoms with Gasteiger partial charge in [0.25, 0.3) is 0 Å². The number of nitrogens with zero attached hydrogens (tertiary/aromatic N) is 2. The molecule has 0 spiro atoms. The quantitative estimate of drug-likeness (QED) is 0.755. The third-order valence-corrected chi connectivity index (χ3v) is 3.23. The largest absolute Gasteiger partial charge is 0.508 e. The van der Waals surface area contributed by atoms with Crippen molar-refractivity contribution in [2.24, 2.45) is 0 Å².